The Hall–Kier alpha value is -1.78. The summed E-state index contributed by atoms with van der Waals surface area (Å²) in [4.78, 5) is 45.8. The average molecular weight is 776 g/mol. The van der Waals surface area contributed by atoms with Crippen LogP contribution in [0.5, 0.6) is 0 Å². The zero-order valence-electron chi connectivity index (χ0n) is 33.6. The van der Waals surface area contributed by atoms with E-state index in [0.29, 0.717) is 12.8 Å². The molecular formula is C41H78NO10P. The Bertz CT molecular complexity index is 963. The summed E-state index contributed by atoms with van der Waals surface area (Å²) < 4.78 is 32.6. The summed E-state index contributed by atoms with van der Waals surface area (Å²) in [5, 5.41) is 8.87. The molecule has 312 valence electrons. The highest BCUT2D eigenvalue weighted by molar-refractivity contribution is 7.47. The van der Waals surface area contributed by atoms with Crippen LogP contribution in [0.2, 0.25) is 0 Å². The van der Waals surface area contributed by atoms with Crippen molar-refractivity contribution in [3.8, 4) is 0 Å². The SMILES string of the molecule is CCCCC/C=C/CCCCCCCC(=O)O[C@@H](COC(=O)CCCCCCCCCCCCCCCCCCC)COP(=O)(O)OC[C@@H](N)C(=O)O. The van der Waals surface area contributed by atoms with Gasteiger partial charge in [0, 0.05) is 12.8 Å². The van der Waals surface area contributed by atoms with Crippen LogP contribution >= 0.6 is 7.82 Å². The van der Waals surface area contributed by atoms with Crippen LogP contribution in [0.3, 0.4) is 0 Å². The van der Waals surface area contributed by atoms with Crippen molar-refractivity contribution < 1.29 is 47.5 Å². The number of hydrogen-bond donors (Lipinski definition) is 3. The molecule has 0 bridgehead atoms. The molecule has 11 nitrogen and oxygen atoms in total. The summed E-state index contributed by atoms with van der Waals surface area (Å²) >= 11 is 0. The van der Waals surface area contributed by atoms with Crippen molar-refractivity contribution in [3.05, 3.63) is 12.2 Å². The third-order valence-corrected chi connectivity index (χ3v) is 10.2. The second-order valence-corrected chi connectivity index (χ2v) is 15.9. The summed E-state index contributed by atoms with van der Waals surface area (Å²) in [6.07, 6.45) is 35.6. The lowest BCUT2D eigenvalue weighted by atomic mass is 10.0. The number of rotatable bonds is 40. The van der Waals surface area contributed by atoms with Crippen LogP contribution in [0, 0.1) is 0 Å². The van der Waals surface area contributed by atoms with E-state index < -0.39 is 51.1 Å². The third-order valence-electron chi connectivity index (χ3n) is 9.26. The number of esters is 2. The van der Waals surface area contributed by atoms with Gasteiger partial charge in [0.25, 0.3) is 0 Å². The van der Waals surface area contributed by atoms with Gasteiger partial charge in [-0.05, 0) is 38.5 Å². The molecule has 0 saturated heterocycles. The molecule has 0 amide bonds. The Morgan fingerprint density at radius 1 is 0.566 bits per heavy atom. The van der Waals surface area contributed by atoms with Crippen molar-refractivity contribution in [2.45, 2.75) is 212 Å². The molecule has 0 rings (SSSR count). The van der Waals surface area contributed by atoms with Gasteiger partial charge in [-0.3, -0.25) is 23.4 Å². The van der Waals surface area contributed by atoms with Gasteiger partial charge in [-0.1, -0.05) is 161 Å². The Balaban J connectivity index is 4.32. The molecule has 0 aliphatic rings. The van der Waals surface area contributed by atoms with Gasteiger partial charge >= 0.3 is 25.7 Å². The fourth-order valence-electron chi connectivity index (χ4n) is 5.88. The molecule has 0 fully saturated rings. The largest absolute Gasteiger partial charge is 0.480 e. The Labute approximate surface area is 322 Å². The molecule has 4 N–H and O–H groups in total. The van der Waals surface area contributed by atoms with E-state index in [1.165, 1.54) is 103 Å². The fraction of sp³-hybridized carbons (Fsp3) is 0.878. The predicted molar refractivity (Wildman–Crippen MR) is 213 cm³/mol. The van der Waals surface area contributed by atoms with Crippen molar-refractivity contribution in [1.29, 1.82) is 0 Å². The van der Waals surface area contributed by atoms with Crippen molar-refractivity contribution in [2.24, 2.45) is 5.73 Å². The van der Waals surface area contributed by atoms with Crippen LogP contribution in [-0.2, 0) is 37.5 Å². The molecule has 0 spiro atoms. The molecule has 3 atom stereocenters. The number of phosphoric acid groups is 1. The number of allylic oxidation sites excluding steroid dienone is 2. The average Bonchev–Trinajstić information content (AvgIpc) is 3.13. The van der Waals surface area contributed by atoms with Crippen molar-refractivity contribution >= 4 is 25.7 Å². The maximum Gasteiger partial charge on any atom is 0.472 e. The van der Waals surface area contributed by atoms with Crippen LogP contribution in [0.1, 0.15) is 200 Å². The second kappa shape index (κ2) is 37.2. The lowest BCUT2D eigenvalue weighted by Crippen LogP contribution is -2.34. The van der Waals surface area contributed by atoms with E-state index in [1.54, 1.807) is 0 Å². The quantitative estimate of drug-likeness (QED) is 0.0234. The highest BCUT2D eigenvalue weighted by Gasteiger charge is 2.28. The first kappa shape index (κ1) is 51.2. The lowest BCUT2D eigenvalue weighted by Gasteiger charge is -2.20. The summed E-state index contributed by atoms with van der Waals surface area (Å²) in [5.41, 5.74) is 5.32. The molecule has 12 heteroatoms. The number of unbranched alkanes of at least 4 members (excludes halogenated alkanes) is 24. The molecule has 0 saturated carbocycles. The monoisotopic (exact) mass is 776 g/mol. The molecule has 1 unspecified atom stereocenters. The van der Waals surface area contributed by atoms with E-state index in [1.807, 2.05) is 0 Å². The van der Waals surface area contributed by atoms with Gasteiger partial charge < -0.3 is 25.2 Å². The van der Waals surface area contributed by atoms with E-state index >= 15 is 0 Å². The first-order valence-electron chi connectivity index (χ1n) is 21.2. The van der Waals surface area contributed by atoms with Gasteiger partial charge in [-0.15, -0.1) is 0 Å². The Kier molecular flexibility index (Phi) is 35.9. The van der Waals surface area contributed by atoms with E-state index in [2.05, 4.69) is 30.5 Å². The summed E-state index contributed by atoms with van der Waals surface area (Å²) in [6, 6.07) is -1.52. The molecule has 0 aromatic carbocycles. The maximum absolute atomic E-state index is 12.6. The Morgan fingerprint density at radius 3 is 1.42 bits per heavy atom. The standard InChI is InChI=1S/C41H78NO10P/c1-3-5-7-9-11-13-15-17-18-19-20-21-23-24-26-28-30-32-39(43)49-34-37(35-50-53(47,48)51-36-38(42)41(45)46)52-40(44)33-31-29-27-25-22-16-14-12-10-8-6-4-2/h12,14,37-38H,3-11,13,15-36,42H2,1-2H3,(H,45,46)(H,47,48)/b14-12+/t37-,38+/m0/s1. The number of carboxylic acid groups (broad SMARTS) is 1. The molecule has 0 aromatic heterocycles. The minimum Gasteiger partial charge on any atom is -0.480 e. The minimum atomic E-state index is -4.71. The van der Waals surface area contributed by atoms with Crippen LogP contribution in [0.4, 0.5) is 0 Å². The van der Waals surface area contributed by atoms with Gasteiger partial charge in [0.15, 0.2) is 6.10 Å². The predicted octanol–water partition coefficient (Wildman–Crippen LogP) is 10.9. The third kappa shape index (κ3) is 36.9. The number of carbonyl (C=O) groups excluding carboxylic acids is 2. The molecule has 0 heterocycles. The maximum atomic E-state index is 12.6. The van der Waals surface area contributed by atoms with E-state index in [-0.39, 0.29) is 19.4 Å². The molecule has 53 heavy (non-hydrogen) atoms. The van der Waals surface area contributed by atoms with Crippen LogP contribution < -0.4 is 5.73 Å². The number of hydrogen-bond acceptors (Lipinski definition) is 9. The number of ether oxygens (including phenoxy) is 2. The van der Waals surface area contributed by atoms with Crippen LogP contribution in [0.25, 0.3) is 0 Å². The molecule has 0 aliphatic heterocycles. The summed E-state index contributed by atoms with van der Waals surface area (Å²) in [6.45, 7) is 2.78. The van der Waals surface area contributed by atoms with Gasteiger partial charge in [-0.25, -0.2) is 4.57 Å². The van der Waals surface area contributed by atoms with E-state index in [4.69, 9.17) is 24.8 Å². The molecule has 0 aliphatic carbocycles. The smallest absolute Gasteiger partial charge is 0.472 e. The van der Waals surface area contributed by atoms with Gasteiger partial charge in [0.05, 0.1) is 13.2 Å². The van der Waals surface area contributed by atoms with Gasteiger partial charge in [0.2, 0.25) is 0 Å². The number of carboxylic acids is 1. The first-order valence-corrected chi connectivity index (χ1v) is 22.7. The number of carbonyl (C=O) groups is 3. The number of phosphoric ester groups is 1. The lowest BCUT2D eigenvalue weighted by molar-refractivity contribution is -0.161. The van der Waals surface area contributed by atoms with Crippen LogP contribution in [0.15, 0.2) is 12.2 Å². The second-order valence-electron chi connectivity index (χ2n) is 14.5. The first-order chi connectivity index (χ1) is 25.6. The zero-order valence-corrected chi connectivity index (χ0v) is 34.5. The van der Waals surface area contributed by atoms with Crippen LogP contribution in [-0.4, -0.2) is 59.9 Å². The van der Waals surface area contributed by atoms with E-state index in [9.17, 15) is 23.8 Å². The number of aliphatic carboxylic acids is 1. The van der Waals surface area contributed by atoms with Crippen molar-refractivity contribution in [2.75, 3.05) is 19.8 Å². The van der Waals surface area contributed by atoms with E-state index in [0.717, 1.165) is 57.8 Å². The Morgan fingerprint density at radius 2 is 0.943 bits per heavy atom. The normalized spacial score (nSPS) is 13.9. The minimum absolute atomic E-state index is 0.155. The number of nitrogens with two attached hydrogens (primary N) is 1. The van der Waals surface area contributed by atoms with Crippen molar-refractivity contribution in [1.82, 2.24) is 0 Å². The summed E-state index contributed by atoms with van der Waals surface area (Å²) in [7, 11) is -4.71. The molecule has 0 radical (unpaired) electrons. The highest BCUT2D eigenvalue weighted by Crippen LogP contribution is 2.43. The summed E-state index contributed by atoms with van der Waals surface area (Å²) in [5.74, 6) is -2.38. The fourth-order valence-corrected chi connectivity index (χ4v) is 6.66. The van der Waals surface area contributed by atoms with Gasteiger partial charge in [0.1, 0.15) is 12.6 Å². The zero-order chi connectivity index (χ0) is 39.3. The molecular weight excluding hydrogens is 697 g/mol. The highest BCUT2D eigenvalue weighted by atomic mass is 31.2. The molecule has 0 aromatic rings. The van der Waals surface area contributed by atoms with Gasteiger partial charge in [-0.2, -0.15) is 0 Å². The topological polar surface area (TPSA) is 172 Å². The van der Waals surface area contributed by atoms with Crippen molar-refractivity contribution in [3.63, 3.8) is 0 Å².